The third-order valence-electron chi connectivity index (χ3n) is 2.87. The molecule has 1 aliphatic rings. The predicted molar refractivity (Wildman–Crippen MR) is 64.0 cm³/mol. The first-order chi connectivity index (χ1) is 7.95. The standard InChI is InChI=1S/C12H20N2O3/c1-7(2)10(12(16)17-3)14-11(15)8-4-5-9(13)6-8/h4-5,7-10H,6,13H2,1-3H3,(H,14,15). The number of nitrogens with one attached hydrogen (secondary N) is 1. The summed E-state index contributed by atoms with van der Waals surface area (Å²) in [5.41, 5.74) is 5.68. The summed E-state index contributed by atoms with van der Waals surface area (Å²) in [4.78, 5) is 23.4. The molecule has 0 aromatic heterocycles. The van der Waals surface area contributed by atoms with Gasteiger partial charge in [0.25, 0.3) is 0 Å². The third kappa shape index (κ3) is 3.56. The van der Waals surface area contributed by atoms with E-state index in [4.69, 9.17) is 5.73 Å². The topological polar surface area (TPSA) is 81.4 Å². The van der Waals surface area contributed by atoms with Gasteiger partial charge in [0.2, 0.25) is 5.91 Å². The van der Waals surface area contributed by atoms with Crippen LogP contribution >= 0.6 is 0 Å². The molecule has 0 bridgehead atoms. The van der Waals surface area contributed by atoms with Gasteiger partial charge in [-0.25, -0.2) is 4.79 Å². The van der Waals surface area contributed by atoms with Crippen LogP contribution in [0.2, 0.25) is 0 Å². The minimum Gasteiger partial charge on any atom is -0.467 e. The van der Waals surface area contributed by atoms with Crippen molar-refractivity contribution in [2.45, 2.75) is 32.4 Å². The van der Waals surface area contributed by atoms with Gasteiger partial charge in [-0.1, -0.05) is 26.0 Å². The molecule has 5 nitrogen and oxygen atoms in total. The van der Waals surface area contributed by atoms with E-state index >= 15 is 0 Å². The van der Waals surface area contributed by atoms with Crippen molar-refractivity contribution < 1.29 is 14.3 Å². The maximum absolute atomic E-state index is 11.9. The van der Waals surface area contributed by atoms with Gasteiger partial charge in [-0.15, -0.1) is 0 Å². The minimum absolute atomic E-state index is 0.00884. The second-order valence-corrected chi connectivity index (χ2v) is 4.64. The summed E-state index contributed by atoms with van der Waals surface area (Å²) in [5, 5.41) is 2.71. The average Bonchev–Trinajstić information content (AvgIpc) is 2.71. The van der Waals surface area contributed by atoms with Crippen LogP contribution in [0.15, 0.2) is 12.2 Å². The largest absolute Gasteiger partial charge is 0.467 e. The second-order valence-electron chi connectivity index (χ2n) is 4.64. The van der Waals surface area contributed by atoms with E-state index < -0.39 is 12.0 Å². The van der Waals surface area contributed by atoms with Crippen molar-refractivity contribution in [3.8, 4) is 0 Å². The fraction of sp³-hybridized carbons (Fsp3) is 0.667. The van der Waals surface area contributed by atoms with Gasteiger partial charge in [0, 0.05) is 6.04 Å². The summed E-state index contributed by atoms with van der Waals surface area (Å²) in [6, 6.07) is -0.667. The number of hydrogen-bond acceptors (Lipinski definition) is 4. The van der Waals surface area contributed by atoms with E-state index in [0.717, 1.165) is 0 Å². The Labute approximate surface area is 101 Å². The molecule has 3 atom stereocenters. The summed E-state index contributed by atoms with van der Waals surface area (Å²) in [5.74, 6) is -0.834. The minimum atomic E-state index is -0.599. The molecule has 0 fully saturated rings. The van der Waals surface area contributed by atoms with Crippen LogP contribution in [-0.4, -0.2) is 31.1 Å². The van der Waals surface area contributed by atoms with Gasteiger partial charge in [-0.2, -0.15) is 0 Å². The van der Waals surface area contributed by atoms with Crippen LogP contribution in [-0.2, 0) is 14.3 Å². The fourth-order valence-electron chi connectivity index (χ4n) is 1.81. The van der Waals surface area contributed by atoms with E-state index in [-0.39, 0.29) is 23.8 Å². The van der Waals surface area contributed by atoms with E-state index in [1.165, 1.54) is 7.11 Å². The van der Waals surface area contributed by atoms with E-state index in [2.05, 4.69) is 10.1 Å². The third-order valence-corrected chi connectivity index (χ3v) is 2.87. The molecule has 0 aliphatic heterocycles. The monoisotopic (exact) mass is 240 g/mol. The van der Waals surface area contributed by atoms with E-state index in [1.807, 2.05) is 19.9 Å². The first-order valence-corrected chi connectivity index (χ1v) is 5.77. The van der Waals surface area contributed by atoms with Crippen molar-refractivity contribution in [2.75, 3.05) is 7.11 Å². The lowest BCUT2D eigenvalue weighted by Gasteiger charge is -2.21. The van der Waals surface area contributed by atoms with E-state index in [0.29, 0.717) is 6.42 Å². The number of rotatable bonds is 4. The second kappa shape index (κ2) is 5.82. The Bertz CT molecular complexity index is 326. The summed E-state index contributed by atoms with van der Waals surface area (Å²) in [6.07, 6.45) is 4.19. The number of methoxy groups -OCH3 is 1. The quantitative estimate of drug-likeness (QED) is 0.543. The number of amides is 1. The van der Waals surface area contributed by atoms with Gasteiger partial charge < -0.3 is 15.8 Å². The molecule has 1 rings (SSSR count). The molecular weight excluding hydrogens is 220 g/mol. The van der Waals surface area contributed by atoms with Gasteiger partial charge >= 0.3 is 5.97 Å². The number of ether oxygens (including phenoxy) is 1. The zero-order valence-corrected chi connectivity index (χ0v) is 10.5. The van der Waals surface area contributed by atoms with Crippen LogP contribution in [0, 0.1) is 11.8 Å². The normalized spacial score (nSPS) is 24.8. The molecule has 0 heterocycles. The van der Waals surface area contributed by atoms with Crippen molar-refractivity contribution in [3.63, 3.8) is 0 Å². The Kier molecular flexibility index (Phi) is 4.69. The summed E-state index contributed by atoms with van der Waals surface area (Å²) in [7, 11) is 1.31. The Morgan fingerprint density at radius 3 is 2.47 bits per heavy atom. The van der Waals surface area contributed by atoms with Crippen molar-refractivity contribution in [3.05, 3.63) is 12.2 Å². The van der Waals surface area contributed by atoms with Crippen LogP contribution < -0.4 is 11.1 Å². The van der Waals surface area contributed by atoms with Crippen LogP contribution in [0.5, 0.6) is 0 Å². The summed E-state index contributed by atoms with van der Waals surface area (Å²) in [6.45, 7) is 3.72. The van der Waals surface area contributed by atoms with Crippen LogP contribution in [0.3, 0.4) is 0 Å². The van der Waals surface area contributed by atoms with Gasteiger partial charge in [0.1, 0.15) is 6.04 Å². The molecule has 0 aromatic rings. The molecule has 0 spiro atoms. The highest BCUT2D eigenvalue weighted by Crippen LogP contribution is 2.17. The molecule has 0 radical (unpaired) electrons. The summed E-state index contributed by atoms with van der Waals surface area (Å²) >= 11 is 0. The number of nitrogens with two attached hydrogens (primary N) is 1. The van der Waals surface area contributed by atoms with Crippen LogP contribution in [0.4, 0.5) is 0 Å². The lowest BCUT2D eigenvalue weighted by atomic mass is 10.0. The Hall–Kier alpha value is -1.36. The molecule has 3 N–H and O–H groups in total. The van der Waals surface area contributed by atoms with Crippen molar-refractivity contribution in [2.24, 2.45) is 17.6 Å². The molecule has 0 aromatic carbocycles. The Balaban J connectivity index is 2.59. The molecule has 3 unspecified atom stereocenters. The van der Waals surface area contributed by atoms with Crippen molar-refractivity contribution in [1.82, 2.24) is 5.32 Å². The number of carbonyl (C=O) groups is 2. The number of hydrogen-bond donors (Lipinski definition) is 2. The zero-order valence-electron chi connectivity index (χ0n) is 10.5. The van der Waals surface area contributed by atoms with Crippen molar-refractivity contribution in [1.29, 1.82) is 0 Å². The molecule has 96 valence electrons. The molecule has 1 aliphatic carbocycles. The first kappa shape index (κ1) is 13.7. The number of esters is 1. The van der Waals surface area contributed by atoms with Crippen LogP contribution in [0.25, 0.3) is 0 Å². The molecule has 0 saturated heterocycles. The molecule has 5 heteroatoms. The maximum Gasteiger partial charge on any atom is 0.328 e. The van der Waals surface area contributed by atoms with Gasteiger partial charge in [-0.05, 0) is 12.3 Å². The van der Waals surface area contributed by atoms with Crippen LogP contribution in [0.1, 0.15) is 20.3 Å². The van der Waals surface area contributed by atoms with Crippen molar-refractivity contribution >= 4 is 11.9 Å². The zero-order chi connectivity index (χ0) is 13.0. The Morgan fingerprint density at radius 2 is 2.06 bits per heavy atom. The molecule has 1 amide bonds. The fourth-order valence-corrected chi connectivity index (χ4v) is 1.81. The average molecular weight is 240 g/mol. The first-order valence-electron chi connectivity index (χ1n) is 5.77. The highest BCUT2D eigenvalue weighted by Gasteiger charge is 2.29. The van der Waals surface area contributed by atoms with E-state index in [1.54, 1.807) is 6.08 Å². The highest BCUT2D eigenvalue weighted by molar-refractivity contribution is 5.87. The predicted octanol–water partition coefficient (Wildman–Crippen LogP) is 0.204. The SMILES string of the molecule is COC(=O)C(NC(=O)C1C=CC(N)C1)C(C)C. The van der Waals surface area contributed by atoms with E-state index in [9.17, 15) is 9.59 Å². The van der Waals surface area contributed by atoms with Gasteiger partial charge in [0.15, 0.2) is 0 Å². The maximum atomic E-state index is 11.9. The molecule has 0 saturated carbocycles. The Morgan fingerprint density at radius 1 is 1.41 bits per heavy atom. The highest BCUT2D eigenvalue weighted by atomic mass is 16.5. The smallest absolute Gasteiger partial charge is 0.328 e. The van der Waals surface area contributed by atoms with Gasteiger partial charge in [0.05, 0.1) is 13.0 Å². The molecular formula is C12H20N2O3. The lowest BCUT2D eigenvalue weighted by molar-refractivity contribution is -0.146. The van der Waals surface area contributed by atoms with Gasteiger partial charge in [-0.3, -0.25) is 4.79 Å². The molecule has 17 heavy (non-hydrogen) atoms. The number of carbonyl (C=O) groups excluding carboxylic acids is 2. The lowest BCUT2D eigenvalue weighted by Crippen LogP contribution is -2.47. The summed E-state index contributed by atoms with van der Waals surface area (Å²) < 4.78 is 4.66.